The SMILES string of the molecule is N#CC1CC12CCC(=O)CC2. The first-order chi connectivity index (χ1) is 5.27. The highest BCUT2D eigenvalue weighted by molar-refractivity contribution is 5.79. The van der Waals surface area contributed by atoms with Crippen molar-refractivity contribution in [1.82, 2.24) is 0 Å². The van der Waals surface area contributed by atoms with Crippen molar-refractivity contribution in [3.05, 3.63) is 0 Å². The van der Waals surface area contributed by atoms with Crippen LogP contribution in [0.3, 0.4) is 0 Å². The molecule has 0 radical (unpaired) electrons. The minimum Gasteiger partial charge on any atom is -0.300 e. The molecule has 0 aromatic rings. The Hall–Kier alpha value is -0.840. The topological polar surface area (TPSA) is 40.9 Å². The number of carbonyl (C=O) groups is 1. The highest BCUT2D eigenvalue weighted by Gasteiger charge is 2.55. The van der Waals surface area contributed by atoms with Gasteiger partial charge in [0.25, 0.3) is 0 Å². The summed E-state index contributed by atoms with van der Waals surface area (Å²) in [6, 6.07) is 2.30. The maximum atomic E-state index is 10.9. The molecular weight excluding hydrogens is 138 g/mol. The molecule has 1 spiro atoms. The lowest BCUT2D eigenvalue weighted by Gasteiger charge is -2.19. The van der Waals surface area contributed by atoms with Gasteiger partial charge in [-0.2, -0.15) is 5.26 Å². The van der Waals surface area contributed by atoms with E-state index in [9.17, 15) is 4.79 Å². The third kappa shape index (κ3) is 0.956. The average Bonchev–Trinajstić information content (AvgIpc) is 2.71. The van der Waals surface area contributed by atoms with Gasteiger partial charge in [0.05, 0.1) is 12.0 Å². The van der Waals surface area contributed by atoms with E-state index >= 15 is 0 Å². The van der Waals surface area contributed by atoms with Gasteiger partial charge in [-0.25, -0.2) is 0 Å². The highest BCUT2D eigenvalue weighted by atomic mass is 16.1. The van der Waals surface area contributed by atoms with E-state index in [1.54, 1.807) is 0 Å². The molecule has 0 aromatic heterocycles. The molecule has 1 atom stereocenters. The van der Waals surface area contributed by atoms with E-state index in [-0.39, 0.29) is 5.92 Å². The number of hydrogen-bond donors (Lipinski definition) is 0. The zero-order valence-corrected chi connectivity index (χ0v) is 6.47. The number of nitriles is 1. The number of ketones is 1. The van der Waals surface area contributed by atoms with Crippen LogP contribution in [0.2, 0.25) is 0 Å². The fourth-order valence-electron chi connectivity index (χ4n) is 2.11. The summed E-state index contributed by atoms with van der Waals surface area (Å²) in [6.45, 7) is 0. The van der Waals surface area contributed by atoms with E-state index in [1.165, 1.54) is 0 Å². The first kappa shape index (κ1) is 6.84. The second-order valence-corrected chi connectivity index (χ2v) is 3.79. The van der Waals surface area contributed by atoms with E-state index in [0.29, 0.717) is 11.2 Å². The molecule has 2 fully saturated rings. The summed E-state index contributed by atoms with van der Waals surface area (Å²) in [6.07, 6.45) is 4.45. The van der Waals surface area contributed by atoms with Crippen LogP contribution >= 0.6 is 0 Å². The second kappa shape index (κ2) is 2.07. The molecule has 2 saturated carbocycles. The number of nitrogens with zero attached hydrogens (tertiary/aromatic N) is 1. The summed E-state index contributed by atoms with van der Waals surface area (Å²) in [5.74, 6) is 0.662. The molecule has 1 unspecified atom stereocenters. The number of carbonyl (C=O) groups excluding carboxylic acids is 1. The number of Topliss-reactive ketones (excluding diaryl/α,β-unsaturated/α-hetero) is 1. The van der Waals surface area contributed by atoms with Crippen LogP contribution in [0.25, 0.3) is 0 Å². The molecule has 11 heavy (non-hydrogen) atoms. The van der Waals surface area contributed by atoms with Gasteiger partial charge in [0.1, 0.15) is 5.78 Å². The van der Waals surface area contributed by atoms with E-state index in [2.05, 4.69) is 6.07 Å². The first-order valence-electron chi connectivity index (χ1n) is 4.18. The zero-order chi connectivity index (χ0) is 7.90. The second-order valence-electron chi connectivity index (χ2n) is 3.79. The quantitative estimate of drug-likeness (QED) is 0.525. The standard InChI is InChI=1S/C9H11NO/c10-6-7-5-9(7)3-1-8(11)2-4-9/h7H,1-5H2. The van der Waals surface area contributed by atoms with Crippen molar-refractivity contribution in [3.63, 3.8) is 0 Å². The third-order valence-corrected chi connectivity index (χ3v) is 3.15. The van der Waals surface area contributed by atoms with Crippen molar-refractivity contribution < 1.29 is 4.79 Å². The number of rotatable bonds is 0. The van der Waals surface area contributed by atoms with Crippen LogP contribution in [0.5, 0.6) is 0 Å². The first-order valence-corrected chi connectivity index (χ1v) is 4.18. The maximum Gasteiger partial charge on any atom is 0.132 e. The van der Waals surface area contributed by atoms with Gasteiger partial charge in [-0.05, 0) is 24.7 Å². The molecule has 0 aliphatic heterocycles. The minimum atomic E-state index is 0.274. The summed E-state index contributed by atoms with van der Waals surface area (Å²) < 4.78 is 0. The van der Waals surface area contributed by atoms with Crippen LogP contribution in [-0.2, 0) is 4.79 Å². The molecular formula is C9H11NO. The van der Waals surface area contributed by atoms with Crippen molar-refractivity contribution in [2.45, 2.75) is 32.1 Å². The maximum absolute atomic E-state index is 10.9. The molecule has 0 amide bonds. The molecule has 0 N–H and O–H groups in total. The fourth-order valence-corrected chi connectivity index (χ4v) is 2.11. The van der Waals surface area contributed by atoms with E-state index < -0.39 is 0 Å². The van der Waals surface area contributed by atoms with Crippen LogP contribution in [0.15, 0.2) is 0 Å². The van der Waals surface area contributed by atoms with Crippen molar-refractivity contribution in [2.24, 2.45) is 11.3 Å². The largest absolute Gasteiger partial charge is 0.300 e. The summed E-state index contributed by atoms with van der Waals surface area (Å²) in [7, 11) is 0. The van der Waals surface area contributed by atoms with Gasteiger partial charge in [0, 0.05) is 12.8 Å². The molecule has 0 aromatic carbocycles. The molecule has 2 rings (SSSR count). The Kier molecular flexibility index (Phi) is 1.29. The molecule has 0 heterocycles. The summed E-state index contributed by atoms with van der Waals surface area (Å²) >= 11 is 0. The summed E-state index contributed by atoms with van der Waals surface area (Å²) in [4.78, 5) is 10.9. The smallest absolute Gasteiger partial charge is 0.132 e. The van der Waals surface area contributed by atoms with Crippen molar-refractivity contribution in [3.8, 4) is 6.07 Å². The highest BCUT2D eigenvalue weighted by Crippen LogP contribution is 2.60. The fraction of sp³-hybridized carbons (Fsp3) is 0.778. The molecule has 2 heteroatoms. The van der Waals surface area contributed by atoms with Gasteiger partial charge in [0.2, 0.25) is 0 Å². The predicted molar refractivity (Wildman–Crippen MR) is 39.6 cm³/mol. The minimum absolute atomic E-state index is 0.274. The predicted octanol–water partition coefficient (Wildman–Crippen LogP) is 1.66. The Morgan fingerprint density at radius 3 is 2.55 bits per heavy atom. The van der Waals surface area contributed by atoms with Gasteiger partial charge < -0.3 is 0 Å². The lowest BCUT2D eigenvalue weighted by atomic mass is 9.84. The molecule has 2 nitrogen and oxygen atoms in total. The normalized spacial score (nSPS) is 33.4. The molecule has 2 aliphatic carbocycles. The Balaban J connectivity index is 2.00. The van der Waals surface area contributed by atoms with Crippen LogP contribution in [0, 0.1) is 22.7 Å². The summed E-state index contributed by atoms with van der Waals surface area (Å²) in [5, 5.41) is 8.65. The Morgan fingerprint density at radius 1 is 1.45 bits per heavy atom. The summed E-state index contributed by atoms with van der Waals surface area (Å²) in [5.41, 5.74) is 0.294. The van der Waals surface area contributed by atoms with Crippen molar-refractivity contribution >= 4 is 5.78 Å². The van der Waals surface area contributed by atoms with Crippen LogP contribution < -0.4 is 0 Å². The van der Waals surface area contributed by atoms with E-state index in [0.717, 1.165) is 32.1 Å². The van der Waals surface area contributed by atoms with Crippen molar-refractivity contribution in [1.29, 1.82) is 5.26 Å². The monoisotopic (exact) mass is 149 g/mol. The lowest BCUT2D eigenvalue weighted by Crippen LogP contribution is -2.16. The molecule has 0 saturated heterocycles. The van der Waals surface area contributed by atoms with Gasteiger partial charge in [0.15, 0.2) is 0 Å². The van der Waals surface area contributed by atoms with Gasteiger partial charge >= 0.3 is 0 Å². The van der Waals surface area contributed by atoms with Crippen LogP contribution in [0.1, 0.15) is 32.1 Å². The van der Waals surface area contributed by atoms with Crippen LogP contribution in [0.4, 0.5) is 0 Å². The number of hydrogen-bond acceptors (Lipinski definition) is 2. The Morgan fingerprint density at radius 2 is 2.09 bits per heavy atom. The van der Waals surface area contributed by atoms with Gasteiger partial charge in [-0.3, -0.25) is 4.79 Å². The Labute approximate surface area is 66.2 Å². The molecule has 2 aliphatic rings. The zero-order valence-electron chi connectivity index (χ0n) is 6.47. The Bertz CT molecular complexity index is 228. The third-order valence-electron chi connectivity index (χ3n) is 3.15. The molecule has 58 valence electrons. The van der Waals surface area contributed by atoms with Crippen molar-refractivity contribution in [2.75, 3.05) is 0 Å². The lowest BCUT2D eigenvalue weighted by molar-refractivity contribution is -0.121. The van der Waals surface area contributed by atoms with Gasteiger partial charge in [-0.1, -0.05) is 0 Å². The molecule has 0 bridgehead atoms. The van der Waals surface area contributed by atoms with Crippen LogP contribution in [-0.4, -0.2) is 5.78 Å². The van der Waals surface area contributed by atoms with Gasteiger partial charge in [-0.15, -0.1) is 0 Å². The van der Waals surface area contributed by atoms with E-state index in [4.69, 9.17) is 5.26 Å². The average molecular weight is 149 g/mol. The van der Waals surface area contributed by atoms with E-state index in [1.807, 2.05) is 0 Å².